The van der Waals surface area contributed by atoms with Gasteiger partial charge in [0.25, 0.3) is 0 Å². The Balaban J connectivity index is 2.24. The van der Waals surface area contributed by atoms with E-state index in [2.05, 4.69) is 11.6 Å². The van der Waals surface area contributed by atoms with Crippen molar-refractivity contribution >= 4 is 33.2 Å². The Bertz CT molecular complexity index is 560. The second-order valence-electron chi connectivity index (χ2n) is 5.06. The maximum atomic E-state index is 12.4. The van der Waals surface area contributed by atoms with Crippen LogP contribution < -0.4 is 4.72 Å². The fraction of sp³-hybridized carbons (Fsp3) is 0.538. The third-order valence-corrected chi connectivity index (χ3v) is 5.81. The minimum Gasteiger partial charge on any atom is -0.208 e. The van der Waals surface area contributed by atoms with Crippen molar-refractivity contribution in [3.8, 4) is 0 Å². The van der Waals surface area contributed by atoms with Crippen molar-refractivity contribution in [1.29, 1.82) is 0 Å². The lowest BCUT2D eigenvalue weighted by atomic mass is 9.87. The molecule has 0 unspecified atom stereocenters. The lowest BCUT2D eigenvalue weighted by Gasteiger charge is -2.29. The summed E-state index contributed by atoms with van der Waals surface area (Å²) in [5, 5.41) is 0.557. The summed E-state index contributed by atoms with van der Waals surface area (Å²) in [6.45, 7) is 2.08. The highest BCUT2D eigenvalue weighted by molar-refractivity contribution is 7.89. The van der Waals surface area contributed by atoms with Gasteiger partial charge in [-0.2, -0.15) is 0 Å². The molecule has 0 heterocycles. The van der Waals surface area contributed by atoms with Crippen LogP contribution in [0.15, 0.2) is 23.1 Å². The standard InChI is InChI=1S/C13H17Cl2NO2S/c1-9-4-2-3-5-12(9)16-19(17,18)13-8-10(14)6-7-11(13)15/h6-9,12,16H,2-5H2,1H3/t9-,12-/m0/s1. The van der Waals surface area contributed by atoms with Gasteiger partial charge in [-0.15, -0.1) is 0 Å². The molecule has 1 aromatic rings. The number of hydrogen-bond acceptors (Lipinski definition) is 2. The monoisotopic (exact) mass is 321 g/mol. The van der Waals surface area contributed by atoms with E-state index in [0.29, 0.717) is 10.9 Å². The van der Waals surface area contributed by atoms with E-state index < -0.39 is 10.0 Å². The zero-order valence-electron chi connectivity index (χ0n) is 10.7. The van der Waals surface area contributed by atoms with Gasteiger partial charge in [0.05, 0.1) is 5.02 Å². The van der Waals surface area contributed by atoms with Crippen LogP contribution in [0.2, 0.25) is 10.0 Å². The molecule has 0 bridgehead atoms. The van der Waals surface area contributed by atoms with Gasteiger partial charge in [-0.25, -0.2) is 13.1 Å². The molecule has 0 aromatic heterocycles. The second kappa shape index (κ2) is 6.00. The van der Waals surface area contributed by atoms with Gasteiger partial charge >= 0.3 is 0 Å². The highest BCUT2D eigenvalue weighted by Crippen LogP contribution is 2.28. The summed E-state index contributed by atoms with van der Waals surface area (Å²) in [7, 11) is -3.61. The SMILES string of the molecule is C[C@H]1CCCC[C@@H]1NS(=O)(=O)c1cc(Cl)ccc1Cl. The number of nitrogens with one attached hydrogen (secondary N) is 1. The van der Waals surface area contributed by atoms with Crippen molar-refractivity contribution in [2.75, 3.05) is 0 Å². The number of rotatable bonds is 3. The van der Waals surface area contributed by atoms with E-state index in [0.717, 1.165) is 25.7 Å². The van der Waals surface area contributed by atoms with Gasteiger partial charge in [-0.1, -0.05) is 43.0 Å². The molecule has 1 fully saturated rings. The second-order valence-corrected chi connectivity index (χ2v) is 7.59. The molecule has 0 radical (unpaired) electrons. The average Bonchev–Trinajstić information content (AvgIpc) is 2.35. The van der Waals surface area contributed by atoms with Gasteiger partial charge in [-0.05, 0) is 37.0 Å². The van der Waals surface area contributed by atoms with Crippen LogP contribution in [-0.2, 0) is 10.0 Å². The molecule has 1 N–H and O–H groups in total. The molecular weight excluding hydrogens is 305 g/mol. The lowest BCUT2D eigenvalue weighted by molar-refractivity contribution is 0.310. The molecule has 0 amide bonds. The quantitative estimate of drug-likeness (QED) is 0.919. The molecule has 1 aliphatic rings. The van der Waals surface area contributed by atoms with E-state index in [9.17, 15) is 8.42 Å². The van der Waals surface area contributed by atoms with Crippen molar-refractivity contribution in [3.05, 3.63) is 28.2 Å². The summed E-state index contributed by atoms with van der Waals surface area (Å²) in [5.74, 6) is 0.349. The van der Waals surface area contributed by atoms with Crippen LogP contribution >= 0.6 is 23.2 Å². The van der Waals surface area contributed by atoms with Gasteiger partial charge in [0.15, 0.2) is 0 Å². The molecule has 1 saturated carbocycles. The summed E-state index contributed by atoms with van der Waals surface area (Å²) >= 11 is 11.8. The molecule has 3 nitrogen and oxygen atoms in total. The number of halogens is 2. The molecule has 1 aromatic carbocycles. The van der Waals surface area contributed by atoms with Crippen LogP contribution in [0.25, 0.3) is 0 Å². The summed E-state index contributed by atoms with van der Waals surface area (Å²) in [6, 6.07) is 4.45. The molecular formula is C13H17Cl2NO2S. The van der Waals surface area contributed by atoms with Crippen LogP contribution in [0.5, 0.6) is 0 Å². The largest absolute Gasteiger partial charge is 0.242 e. The minimum absolute atomic E-state index is 0.0196. The third kappa shape index (κ3) is 3.63. The first kappa shape index (κ1) is 15.1. The lowest BCUT2D eigenvalue weighted by Crippen LogP contribution is -2.41. The molecule has 106 valence electrons. The van der Waals surface area contributed by atoms with Crippen LogP contribution in [0.1, 0.15) is 32.6 Å². The first-order chi connectivity index (χ1) is 8.90. The van der Waals surface area contributed by atoms with Gasteiger partial charge in [0, 0.05) is 11.1 Å². The van der Waals surface area contributed by atoms with E-state index >= 15 is 0 Å². The highest BCUT2D eigenvalue weighted by atomic mass is 35.5. The van der Waals surface area contributed by atoms with E-state index in [1.165, 1.54) is 12.1 Å². The first-order valence-electron chi connectivity index (χ1n) is 6.37. The topological polar surface area (TPSA) is 46.2 Å². The van der Waals surface area contributed by atoms with Crippen LogP contribution in [0, 0.1) is 5.92 Å². The smallest absolute Gasteiger partial charge is 0.208 e. The van der Waals surface area contributed by atoms with E-state index in [4.69, 9.17) is 23.2 Å². The van der Waals surface area contributed by atoms with Crippen molar-refractivity contribution in [2.24, 2.45) is 5.92 Å². The van der Waals surface area contributed by atoms with Gasteiger partial charge in [0.2, 0.25) is 10.0 Å². The zero-order chi connectivity index (χ0) is 14.0. The predicted octanol–water partition coefficient (Wildman–Crippen LogP) is 3.85. The third-order valence-electron chi connectivity index (χ3n) is 3.60. The molecule has 2 atom stereocenters. The Morgan fingerprint density at radius 2 is 1.89 bits per heavy atom. The summed E-state index contributed by atoms with van der Waals surface area (Å²) < 4.78 is 27.5. The fourth-order valence-corrected chi connectivity index (χ4v) is 4.58. The summed E-state index contributed by atoms with van der Waals surface area (Å²) in [6.07, 6.45) is 4.15. The normalized spacial score (nSPS) is 24.4. The Kier molecular flexibility index (Phi) is 4.77. The number of hydrogen-bond donors (Lipinski definition) is 1. The molecule has 2 rings (SSSR count). The van der Waals surface area contributed by atoms with E-state index in [1.54, 1.807) is 6.07 Å². The fourth-order valence-electron chi connectivity index (χ4n) is 2.44. The van der Waals surface area contributed by atoms with Crippen molar-refractivity contribution in [1.82, 2.24) is 4.72 Å². The number of benzene rings is 1. The van der Waals surface area contributed by atoms with Gasteiger partial charge in [0.1, 0.15) is 4.90 Å². The van der Waals surface area contributed by atoms with Crippen molar-refractivity contribution in [2.45, 2.75) is 43.5 Å². The Labute approximate surface area is 124 Å². The maximum Gasteiger partial charge on any atom is 0.242 e. The maximum absolute atomic E-state index is 12.4. The summed E-state index contributed by atoms with van der Waals surface area (Å²) in [4.78, 5) is 0.0550. The van der Waals surface area contributed by atoms with Gasteiger partial charge in [-0.3, -0.25) is 0 Å². The van der Waals surface area contributed by atoms with Crippen molar-refractivity contribution in [3.63, 3.8) is 0 Å². The molecule has 0 aliphatic heterocycles. The van der Waals surface area contributed by atoms with Crippen LogP contribution in [-0.4, -0.2) is 14.5 Å². The first-order valence-corrected chi connectivity index (χ1v) is 8.61. The molecule has 1 aliphatic carbocycles. The molecule has 19 heavy (non-hydrogen) atoms. The predicted molar refractivity (Wildman–Crippen MR) is 78.2 cm³/mol. The highest BCUT2D eigenvalue weighted by Gasteiger charge is 2.28. The Morgan fingerprint density at radius 3 is 2.58 bits per heavy atom. The zero-order valence-corrected chi connectivity index (χ0v) is 13.0. The minimum atomic E-state index is -3.61. The van der Waals surface area contributed by atoms with Crippen LogP contribution in [0.4, 0.5) is 0 Å². The molecule has 0 saturated heterocycles. The average molecular weight is 322 g/mol. The summed E-state index contributed by atoms with van der Waals surface area (Å²) in [5.41, 5.74) is 0. The molecule has 6 heteroatoms. The van der Waals surface area contributed by atoms with Crippen LogP contribution in [0.3, 0.4) is 0 Å². The molecule has 0 spiro atoms. The van der Waals surface area contributed by atoms with E-state index in [1.807, 2.05) is 0 Å². The Hall–Kier alpha value is -0.290. The van der Waals surface area contributed by atoms with Crippen molar-refractivity contribution < 1.29 is 8.42 Å². The number of sulfonamides is 1. The van der Waals surface area contributed by atoms with E-state index in [-0.39, 0.29) is 16.0 Å². The Morgan fingerprint density at radius 1 is 1.21 bits per heavy atom. The van der Waals surface area contributed by atoms with Gasteiger partial charge < -0.3 is 0 Å².